The van der Waals surface area contributed by atoms with Gasteiger partial charge in [-0.3, -0.25) is 0 Å². The average Bonchev–Trinajstić information content (AvgIpc) is 2.99. The van der Waals surface area contributed by atoms with E-state index in [-0.39, 0.29) is 0 Å². The predicted molar refractivity (Wildman–Crippen MR) is 136 cm³/mol. The van der Waals surface area contributed by atoms with Gasteiger partial charge in [0, 0.05) is 5.92 Å². The van der Waals surface area contributed by atoms with Crippen LogP contribution < -0.4 is 0 Å². The number of hydrogen-bond acceptors (Lipinski definition) is 0. The van der Waals surface area contributed by atoms with Gasteiger partial charge in [-0.1, -0.05) is 18.1 Å². The summed E-state index contributed by atoms with van der Waals surface area (Å²) in [7, 11) is 0. The average molecular weight is 500 g/mol. The molecule has 1 heteroatoms. The molecule has 0 fully saturated rings. The van der Waals surface area contributed by atoms with Crippen LogP contribution in [0.5, 0.6) is 0 Å². The van der Waals surface area contributed by atoms with Crippen LogP contribution in [0, 0.1) is 5.92 Å². The third-order valence-corrected chi connectivity index (χ3v) is 13.4. The molecule has 0 N–H and O–H groups in total. The van der Waals surface area contributed by atoms with Crippen LogP contribution in [-0.4, -0.2) is 0 Å². The minimum absolute atomic E-state index is 1.33. The quantitative estimate of drug-likeness (QED) is 0.319. The van der Waals surface area contributed by atoms with Crippen molar-refractivity contribution < 1.29 is 21.8 Å². The third kappa shape index (κ3) is 7.01. The van der Waals surface area contributed by atoms with Crippen LogP contribution >= 0.6 is 0 Å². The summed E-state index contributed by atoms with van der Waals surface area (Å²) in [5.74, 6) is 1.47. The summed E-state index contributed by atoms with van der Waals surface area (Å²) in [5, 5.41) is 0. The van der Waals surface area contributed by atoms with Gasteiger partial charge in [0.05, 0.1) is 0 Å². The molecule has 0 aliphatic heterocycles. The summed E-state index contributed by atoms with van der Waals surface area (Å²) in [6.07, 6.45) is 0. The topological polar surface area (TPSA) is 0 Å². The first kappa shape index (κ1) is 24.7. The molecule has 0 amide bonds. The van der Waals surface area contributed by atoms with Gasteiger partial charge in [-0.25, -0.2) is 0 Å². The van der Waals surface area contributed by atoms with E-state index >= 15 is 0 Å². The third-order valence-electron chi connectivity index (χ3n) is 6.70. The Morgan fingerprint density at radius 3 is 0.906 bits per heavy atom. The van der Waals surface area contributed by atoms with Gasteiger partial charge in [0.15, 0.2) is 0 Å². The Morgan fingerprint density at radius 2 is 0.688 bits per heavy atom. The minimum atomic E-state index is -1.56. The summed E-state index contributed by atoms with van der Waals surface area (Å²) < 4.78 is 3.98. The molecule has 0 bridgehead atoms. The molecule has 0 saturated heterocycles. The summed E-state index contributed by atoms with van der Waals surface area (Å²) in [4.78, 5) is 0. The Bertz CT molecular complexity index is 907. The molecule has 1 aliphatic carbocycles. The first-order chi connectivity index (χ1) is 15.5. The van der Waals surface area contributed by atoms with Crippen molar-refractivity contribution in [1.82, 2.24) is 0 Å². The molecule has 1 aliphatic rings. The van der Waals surface area contributed by atoms with E-state index in [0.29, 0.717) is 0 Å². The second-order valence-electron chi connectivity index (χ2n) is 8.86. The second-order valence-corrected chi connectivity index (χ2v) is 15.2. The molecule has 164 valence electrons. The summed E-state index contributed by atoms with van der Waals surface area (Å²) in [5.41, 5.74) is 10.4. The normalized spacial score (nSPS) is 13.8. The Hall–Kier alpha value is -1.98. The SMILES string of the molecule is C[C]1C(C)=C(C)C(C)=C1C.c1ccc([CH2][Zr]([CH2]c2ccccc2)[CH2]c2ccccc2)cc1. The van der Waals surface area contributed by atoms with Crippen molar-refractivity contribution in [2.24, 2.45) is 0 Å². The van der Waals surface area contributed by atoms with Crippen molar-refractivity contribution in [3.63, 3.8) is 0 Å². The molecular weight excluding hydrogens is 464 g/mol. The van der Waals surface area contributed by atoms with E-state index in [0.717, 1.165) is 0 Å². The van der Waals surface area contributed by atoms with Gasteiger partial charge < -0.3 is 0 Å². The van der Waals surface area contributed by atoms with E-state index < -0.39 is 21.8 Å². The molecule has 0 unspecified atom stereocenters. The zero-order valence-electron chi connectivity index (χ0n) is 20.3. The summed E-state index contributed by atoms with van der Waals surface area (Å²) in [6, 6.07) is 33.1. The molecule has 0 aromatic heterocycles. The summed E-state index contributed by atoms with van der Waals surface area (Å²) in [6.45, 7) is 11.0. The van der Waals surface area contributed by atoms with Gasteiger partial charge >= 0.3 is 142 Å². The molecule has 1 radical (unpaired) electrons. The Balaban J connectivity index is 0.000000243. The second kappa shape index (κ2) is 12.3. The van der Waals surface area contributed by atoms with E-state index in [1.54, 1.807) is 0 Å². The van der Waals surface area contributed by atoms with Crippen LogP contribution in [0.1, 0.15) is 51.3 Å². The van der Waals surface area contributed by atoms with E-state index in [2.05, 4.69) is 126 Å². The van der Waals surface area contributed by atoms with Crippen molar-refractivity contribution in [3.05, 3.63) is 136 Å². The fourth-order valence-electron chi connectivity index (χ4n) is 4.25. The van der Waals surface area contributed by atoms with Crippen LogP contribution in [0.2, 0.25) is 0 Å². The van der Waals surface area contributed by atoms with Gasteiger partial charge in [0.25, 0.3) is 0 Å². The van der Waals surface area contributed by atoms with E-state index in [9.17, 15) is 0 Å². The van der Waals surface area contributed by atoms with E-state index in [1.165, 1.54) is 57.3 Å². The standard InChI is InChI=1S/C10H15.3C7H7.Zr/c1-6-7(2)9(4)10(5)8(6)3;3*1-7-5-3-2-4-6-7;/h1-5H3;3*2-6H,1H2;. The van der Waals surface area contributed by atoms with Gasteiger partial charge in [-0.15, -0.1) is 0 Å². The van der Waals surface area contributed by atoms with Gasteiger partial charge in [-0.2, -0.15) is 0 Å². The fourth-order valence-corrected chi connectivity index (χ4v) is 11.2. The molecule has 4 rings (SSSR count). The van der Waals surface area contributed by atoms with Crippen LogP contribution in [0.15, 0.2) is 113 Å². The van der Waals surface area contributed by atoms with Crippen LogP contribution in [0.25, 0.3) is 0 Å². The number of hydrogen-bond donors (Lipinski definition) is 0. The Labute approximate surface area is 203 Å². The number of allylic oxidation sites excluding steroid dienone is 4. The zero-order chi connectivity index (χ0) is 22.9. The number of rotatable bonds is 6. The molecule has 3 aromatic rings. The van der Waals surface area contributed by atoms with Gasteiger partial charge in [0.1, 0.15) is 0 Å². The van der Waals surface area contributed by atoms with Crippen LogP contribution in [0.4, 0.5) is 0 Å². The van der Waals surface area contributed by atoms with Crippen LogP contribution in [-0.2, 0) is 34.1 Å². The molecule has 3 aromatic carbocycles. The van der Waals surface area contributed by atoms with Crippen molar-refractivity contribution >= 4 is 0 Å². The molecule has 32 heavy (non-hydrogen) atoms. The molecule has 0 spiro atoms. The van der Waals surface area contributed by atoms with Crippen LogP contribution in [0.3, 0.4) is 0 Å². The monoisotopic (exact) mass is 498 g/mol. The Kier molecular flexibility index (Phi) is 9.49. The van der Waals surface area contributed by atoms with Crippen molar-refractivity contribution in [3.8, 4) is 0 Å². The Morgan fingerprint density at radius 1 is 0.406 bits per heavy atom. The van der Waals surface area contributed by atoms with Crippen molar-refractivity contribution in [1.29, 1.82) is 0 Å². The van der Waals surface area contributed by atoms with Crippen molar-refractivity contribution in [2.75, 3.05) is 0 Å². The first-order valence-electron chi connectivity index (χ1n) is 11.6. The predicted octanol–water partition coefficient (Wildman–Crippen LogP) is 8.47. The molecule has 0 heterocycles. The van der Waals surface area contributed by atoms with Gasteiger partial charge in [-0.05, 0) is 38.8 Å². The van der Waals surface area contributed by atoms with Gasteiger partial charge in [0.2, 0.25) is 0 Å². The molecular formula is C31H36Zr. The maximum atomic E-state index is 2.29. The van der Waals surface area contributed by atoms with Crippen molar-refractivity contribution in [2.45, 2.75) is 47.0 Å². The van der Waals surface area contributed by atoms with E-state index in [4.69, 9.17) is 0 Å². The summed E-state index contributed by atoms with van der Waals surface area (Å²) >= 11 is -1.56. The molecule has 0 atom stereocenters. The first-order valence-corrected chi connectivity index (χ1v) is 16.8. The molecule has 0 nitrogen and oxygen atoms in total. The number of benzene rings is 3. The maximum absolute atomic E-state index is 2.29. The molecule has 0 saturated carbocycles. The van der Waals surface area contributed by atoms with E-state index in [1.807, 2.05) is 0 Å². The fraction of sp³-hybridized carbons (Fsp3) is 0.258. The zero-order valence-corrected chi connectivity index (χ0v) is 22.7.